The summed E-state index contributed by atoms with van der Waals surface area (Å²) < 4.78 is 7.32. The maximum absolute atomic E-state index is 11.1. The molecule has 88 valence electrons. The first-order chi connectivity index (χ1) is 8.19. The van der Waals surface area contributed by atoms with Crippen molar-refractivity contribution >= 4 is 21.9 Å². The second-order valence-corrected chi connectivity index (χ2v) is 4.44. The molecule has 4 nitrogen and oxygen atoms in total. The van der Waals surface area contributed by atoms with Crippen LogP contribution < -0.4 is 0 Å². The van der Waals surface area contributed by atoms with E-state index in [4.69, 9.17) is 0 Å². The van der Waals surface area contributed by atoms with Gasteiger partial charge in [0.05, 0.1) is 25.4 Å². The molecule has 0 unspecified atom stereocenters. The van der Waals surface area contributed by atoms with E-state index in [1.807, 2.05) is 30.5 Å². The summed E-state index contributed by atoms with van der Waals surface area (Å²) in [6.07, 6.45) is 3.72. The monoisotopic (exact) mass is 294 g/mol. The van der Waals surface area contributed by atoms with E-state index in [0.717, 1.165) is 15.7 Å². The molecule has 2 aromatic rings. The second kappa shape index (κ2) is 5.14. The SMILES string of the molecule is COC(=O)Cc1cnn(-c2cccc(Br)c2)c1. The van der Waals surface area contributed by atoms with Gasteiger partial charge in [-0.25, -0.2) is 4.68 Å². The van der Waals surface area contributed by atoms with Crippen molar-refractivity contribution in [2.24, 2.45) is 0 Å². The van der Waals surface area contributed by atoms with Crippen molar-refractivity contribution in [3.05, 3.63) is 46.7 Å². The van der Waals surface area contributed by atoms with Gasteiger partial charge in [-0.05, 0) is 18.2 Å². The van der Waals surface area contributed by atoms with Crippen molar-refractivity contribution in [3.8, 4) is 5.69 Å². The van der Waals surface area contributed by atoms with Gasteiger partial charge >= 0.3 is 5.97 Å². The zero-order chi connectivity index (χ0) is 12.3. The van der Waals surface area contributed by atoms with E-state index >= 15 is 0 Å². The largest absolute Gasteiger partial charge is 0.469 e. The fourth-order valence-electron chi connectivity index (χ4n) is 1.45. The standard InChI is InChI=1S/C12H11BrN2O2/c1-17-12(16)5-9-7-14-15(8-9)11-4-2-3-10(13)6-11/h2-4,6-8H,5H2,1H3. The van der Waals surface area contributed by atoms with Gasteiger partial charge in [-0.2, -0.15) is 5.10 Å². The zero-order valence-electron chi connectivity index (χ0n) is 9.26. The lowest BCUT2D eigenvalue weighted by atomic mass is 10.2. The van der Waals surface area contributed by atoms with Crippen LogP contribution in [0.15, 0.2) is 41.1 Å². The molecule has 0 atom stereocenters. The smallest absolute Gasteiger partial charge is 0.310 e. The molecule has 0 saturated heterocycles. The molecule has 1 aromatic heterocycles. The number of esters is 1. The molecule has 0 radical (unpaired) electrons. The molecule has 0 saturated carbocycles. The van der Waals surface area contributed by atoms with Crippen LogP contribution in [0.25, 0.3) is 5.69 Å². The van der Waals surface area contributed by atoms with Gasteiger partial charge in [0.1, 0.15) is 0 Å². The van der Waals surface area contributed by atoms with Crippen LogP contribution in [0.3, 0.4) is 0 Å². The van der Waals surface area contributed by atoms with Crippen LogP contribution in [0.1, 0.15) is 5.56 Å². The molecule has 0 aliphatic rings. The normalized spacial score (nSPS) is 10.2. The number of carbonyl (C=O) groups excluding carboxylic acids is 1. The van der Waals surface area contributed by atoms with Gasteiger partial charge in [-0.15, -0.1) is 0 Å². The molecule has 0 amide bonds. The van der Waals surface area contributed by atoms with E-state index in [0.29, 0.717) is 0 Å². The Labute approximate surface area is 107 Å². The Kier molecular flexibility index (Phi) is 3.58. The molecular formula is C12H11BrN2O2. The average Bonchev–Trinajstić information content (AvgIpc) is 2.77. The van der Waals surface area contributed by atoms with E-state index in [1.54, 1.807) is 10.9 Å². The quantitative estimate of drug-likeness (QED) is 0.816. The number of methoxy groups -OCH3 is 1. The predicted molar refractivity (Wildman–Crippen MR) is 67.0 cm³/mol. The van der Waals surface area contributed by atoms with Crippen molar-refractivity contribution in [2.75, 3.05) is 7.11 Å². The van der Waals surface area contributed by atoms with Crippen molar-refractivity contribution in [3.63, 3.8) is 0 Å². The molecule has 5 heteroatoms. The maximum atomic E-state index is 11.1. The Morgan fingerprint density at radius 3 is 3.06 bits per heavy atom. The first kappa shape index (κ1) is 11.9. The van der Waals surface area contributed by atoms with Gasteiger partial charge in [-0.3, -0.25) is 4.79 Å². The van der Waals surface area contributed by atoms with Gasteiger partial charge in [0, 0.05) is 16.2 Å². The van der Waals surface area contributed by atoms with Crippen molar-refractivity contribution in [1.29, 1.82) is 0 Å². The van der Waals surface area contributed by atoms with Gasteiger partial charge < -0.3 is 4.74 Å². The summed E-state index contributed by atoms with van der Waals surface area (Å²) in [5.41, 5.74) is 1.77. The summed E-state index contributed by atoms with van der Waals surface area (Å²) in [5.74, 6) is -0.265. The topological polar surface area (TPSA) is 44.1 Å². The zero-order valence-corrected chi connectivity index (χ0v) is 10.8. The predicted octanol–water partition coefficient (Wildman–Crippen LogP) is 2.35. The Balaban J connectivity index is 2.21. The molecule has 0 N–H and O–H groups in total. The Morgan fingerprint density at radius 1 is 1.53 bits per heavy atom. The lowest BCUT2D eigenvalue weighted by molar-refractivity contribution is -0.139. The minimum absolute atomic E-state index is 0.241. The number of carbonyl (C=O) groups is 1. The van der Waals surface area contributed by atoms with Crippen LogP contribution >= 0.6 is 15.9 Å². The Bertz CT molecular complexity index is 537. The van der Waals surface area contributed by atoms with Crippen LogP contribution in [-0.2, 0) is 16.0 Å². The minimum atomic E-state index is -0.265. The van der Waals surface area contributed by atoms with Crippen LogP contribution in [0.5, 0.6) is 0 Å². The fourth-order valence-corrected chi connectivity index (χ4v) is 1.84. The third-order valence-corrected chi connectivity index (χ3v) is 2.78. The highest BCUT2D eigenvalue weighted by atomic mass is 79.9. The lowest BCUT2D eigenvalue weighted by Gasteiger charge is -2.00. The van der Waals surface area contributed by atoms with Gasteiger partial charge in [-0.1, -0.05) is 22.0 Å². The van der Waals surface area contributed by atoms with E-state index < -0.39 is 0 Å². The molecule has 1 aromatic carbocycles. The number of nitrogens with zero attached hydrogens (tertiary/aromatic N) is 2. The Hall–Kier alpha value is -1.62. The molecule has 0 aliphatic heterocycles. The second-order valence-electron chi connectivity index (χ2n) is 3.53. The van der Waals surface area contributed by atoms with Crippen molar-refractivity contribution in [1.82, 2.24) is 9.78 Å². The van der Waals surface area contributed by atoms with Crippen molar-refractivity contribution < 1.29 is 9.53 Å². The summed E-state index contributed by atoms with van der Waals surface area (Å²) in [6.45, 7) is 0. The molecule has 0 spiro atoms. The first-order valence-corrected chi connectivity index (χ1v) is 5.84. The Morgan fingerprint density at radius 2 is 2.35 bits per heavy atom. The van der Waals surface area contributed by atoms with Gasteiger partial charge in [0.25, 0.3) is 0 Å². The van der Waals surface area contributed by atoms with E-state index in [-0.39, 0.29) is 12.4 Å². The fraction of sp³-hybridized carbons (Fsp3) is 0.167. The highest BCUT2D eigenvalue weighted by Gasteiger charge is 2.06. The summed E-state index contributed by atoms with van der Waals surface area (Å²) in [6, 6.07) is 7.78. The molecule has 0 aliphatic carbocycles. The molecule has 0 fully saturated rings. The summed E-state index contributed by atoms with van der Waals surface area (Å²) >= 11 is 3.40. The number of hydrogen-bond donors (Lipinski definition) is 0. The highest BCUT2D eigenvalue weighted by Crippen LogP contribution is 2.15. The average molecular weight is 295 g/mol. The molecular weight excluding hydrogens is 284 g/mol. The van der Waals surface area contributed by atoms with Crippen LogP contribution in [0, 0.1) is 0 Å². The molecule has 1 heterocycles. The van der Waals surface area contributed by atoms with Crippen LogP contribution in [-0.4, -0.2) is 22.9 Å². The van der Waals surface area contributed by atoms with Crippen LogP contribution in [0.4, 0.5) is 0 Å². The van der Waals surface area contributed by atoms with Crippen LogP contribution in [0.2, 0.25) is 0 Å². The number of halogens is 1. The third-order valence-electron chi connectivity index (χ3n) is 2.28. The number of benzene rings is 1. The van der Waals surface area contributed by atoms with E-state index in [2.05, 4.69) is 25.8 Å². The maximum Gasteiger partial charge on any atom is 0.310 e. The van der Waals surface area contributed by atoms with E-state index in [1.165, 1.54) is 7.11 Å². The van der Waals surface area contributed by atoms with E-state index in [9.17, 15) is 4.79 Å². The number of aromatic nitrogens is 2. The van der Waals surface area contributed by atoms with Gasteiger partial charge in [0.15, 0.2) is 0 Å². The molecule has 0 bridgehead atoms. The molecule has 2 rings (SSSR count). The number of ether oxygens (including phenoxy) is 1. The minimum Gasteiger partial charge on any atom is -0.469 e. The molecule has 17 heavy (non-hydrogen) atoms. The lowest BCUT2D eigenvalue weighted by Crippen LogP contribution is -2.03. The summed E-state index contributed by atoms with van der Waals surface area (Å²) in [4.78, 5) is 11.1. The first-order valence-electron chi connectivity index (χ1n) is 5.05. The highest BCUT2D eigenvalue weighted by molar-refractivity contribution is 9.10. The summed E-state index contributed by atoms with van der Waals surface area (Å²) in [5, 5.41) is 4.20. The van der Waals surface area contributed by atoms with Gasteiger partial charge in [0.2, 0.25) is 0 Å². The number of hydrogen-bond acceptors (Lipinski definition) is 3. The third kappa shape index (κ3) is 2.94. The van der Waals surface area contributed by atoms with Crippen molar-refractivity contribution in [2.45, 2.75) is 6.42 Å². The summed E-state index contributed by atoms with van der Waals surface area (Å²) in [7, 11) is 1.38. The number of rotatable bonds is 3.